The van der Waals surface area contributed by atoms with E-state index < -0.39 is 5.97 Å². The second-order valence-electron chi connectivity index (χ2n) is 8.74. The fourth-order valence-electron chi connectivity index (χ4n) is 4.17. The van der Waals surface area contributed by atoms with Crippen LogP contribution in [0.15, 0.2) is 39.9 Å². The van der Waals surface area contributed by atoms with Gasteiger partial charge in [-0.15, -0.1) is 11.8 Å². The zero-order chi connectivity index (χ0) is 21.1. The molecule has 0 saturated carbocycles. The number of nitrogens with one attached hydrogen (secondary N) is 1. The molecule has 1 atom stereocenters. The van der Waals surface area contributed by atoms with Crippen molar-refractivity contribution >= 4 is 23.7 Å². The summed E-state index contributed by atoms with van der Waals surface area (Å²) >= 11 is 1.78. The highest BCUT2D eigenvalue weighted by atomic mass is 32.2. The first-order valence-electron chi connectivity index (χ1n) is 10.8. The molecule has 0 aromatic heterocycles. The Kier molecular flexibility index (Phi) is 6.97. The van der Waals surface area contributed by atoms with Crippen molar-refractivity contribution in [2.24, 2.45) is 4.99 Å². The lowest BCUT2D eigenvalue weighted by molar-refractivity contribution is -0.918. The zero-order valence-corrected chi connectivity index (χ0v) is 19.7. The molecule has 160 valence electrons. The lowest BCUT2D eigenvalue weighted by atomic mass is 10.0. The number of nitrogens with zero attached hydrogens (tertiary/aromatic N) is 3. The average Bonchev–Trinajstić information content (AvgIpc) is 3.14. The van der Waals surface area contributed by atoms with Crippen molar-refractivity contribution in [2.75, 3.05) is 44.6 Å². The summed E-state index contributed by atoms with van der Waals surface area (Å²) in [7, 11) is 2.29. The van der Waals surface area contributed by atoms with Gasteiger partial charge in [0.2, 0.25) is 0 Å². The Labute approximate surface area is 180 Å². The molecule has 0 spiro atoms. The first-order chi connectivity index (χ1) is 13.8. The molecule has 1 N–H and O–H groups in total. The number of quaternary nitrogens is 1. The maximum Gasteiger partial charge on any atom is 0.329 e. The molecule has 2 aliphatic rings. The smallest absolute Gasteiger partial charge is 0.324 e. The van der Waals surface area contributed by atoms with Gasteiger partial charge in [-0.1, -0.05) is 19.9 Å². The van der Waals surface area contributed by atoms with Crippen molar-refractivity contribution in [2.45, 2.75) is 57.3 Å². The topological polar surface area (TPSA) is 36.9 Å². The van der Waals surface area contributed by atoms with Gasteiger partial charge in [-0.3, -0.25) is 4.74 Å². The summed E-state index contributed by atoms with van der Waals surface area (Å²) in [5.41, 5.74) is 3.58. The highest BCUT2D eigenvalue weighted by Crippen LogP contribution is 2.37. The third-order valence-corrected chi connectivity index (χ3v) is 6.77. The summed E-state index contributed by atoms with van der Waals surface area (Å²) in [6.07, 6.45) is 8.56. The summed E-state index contributed by atoms with van der Waals surface area (Å²) in [5.74, 6) is -0.410. The molecule has 0 bridgehead atoms. The third kappa shape index (κ3) is 4.81. The van der Waals surface area contributed by atoms with Gasteiger partial charge >= 0.3 is 5.97 Å². The predicted molar refractivity (Wildman–Crippen MR) is 125 cm³/mol. The van der Waals surface area contributed by atoms with Gasteiger partial charge in [-0.25, -0.2) is 4.99 Å². The minimum atomic E-state index is -0.915. The number of rotatable bonds is 8. The number of ether oxygens (including phenoxy) is 1. The van der Waals surface area contributed by atoms with E-state index in [1.807, 2.05) is 12.3 Å². The van der Waals surface area contributed by atoms with E-state index in [1.54, 1.807) is 11.8 Å². The summed E-state index contributed by atoms with van der Waals surface area (Å²) in [6.45, 7) is 12.5. The Balaban J connectivity index is 1.97. The molecule has 1 saturated heterocycles. The van der Waals surface area contributed by atoms with E-state index >= 15 is 0 Å². The number of allylic oxidation sites excluding steroid dienone is 2. The van der Waals surface area contributed by atoms with E-state index in [0.717, 1.165) is 22.4 Å². The van der Waals surface area contributed by atoms with Crippen molar-refractivity contribution in [3.05, 3.63) is 35.5 Å². The van der Waals surface area contributed by atoms with Crippen LogP contribution < -0.4 is 10.2 Å². The van der Waals surface area contributed by atoms with Gasteiger partial charge in [0.15, 0.2) is 6.73 Å². The van der Waals surface area contributed by atoms with Crippen molar-refractivity contribution in [3.63, 3.8) is 0 Å². The molecule has 5 nitrogen and oxygen atoms in total. The molecule has 1 aromatic carbocycles. The quantitative estimate of drug-likeness (QED) is 0.376. The molecule has 2 aliphatic heterocycles. The molecule has 1 unspecified atom stereocenters. The molecular formula is C23H37N4OS+. The van der Waals surface area contributed by atoms with Crippen molar-refractivity contribution in [3.8, 4) is 0 Å². The lowest BCUT2D eigenvalue weighted by Crippen LogP contribution is -2.62. The van der Waals surface area contributed by atoms with Gasteiger partial charge in [0.25, 0.3) is 0 Å². The van der Waals surface area contributed by atoms with Gasteiger partial charge in [0, 0.05) is 36.2 Å². The van der Waals surface area contributed by atoms with Crippen LogP contribution >= 0.6 is 11.8 Å². The number of benzene rings is 1. The van der Waals surface area contributed by atoms with Crippen LogP contribution in [0, 0.1) is 0 Å². The van der Waals surface area contributed by atoms with E-state index in [4.69, 9.17) is 9.73 Å². The number of hydrogen-bond acceptors (Lipinski definition) is 5. The molecule has 0 aliphatic carbocycles. The van der Waals surface area contributed by atoms with Gasteiger partial charge in [0.1, 0.15) is 0 Å². The van der Waals surface area contributed by atoms with Crippen LogP contribution in [0.1, 0.15) is 52.0 Å². The van der Waals surface area contributed by atoms with Crippen LogP contribution in [-0.4, -0.2) is 56.3 Å². The molecule has 2 heterocycles. The molecule has 6 heteroatoms. The minimum absolute atomic E-state index is 0.505. The Morgan fingerprint density at radius 2 is 2.03 bits per heavy atom. The Bertz CT molecular complexity index is 770. The van der Waals surface area contributed by atoms with E-state index in [0.29, 0.717) is 12.6 Å². The highest BCUT2D eigenvalue weighted by Gasteiger charge is 2.42. The highest BCUT2D eigenvalue weighted by molar-refractivity contribution is 7.98. The average molecular weight is 418 g/mol. The van der Waals surface area contributed by atoms with Crippen LogP contribution in [0.2, 0.25) is 0 Å². The number of aliphatic imine (C=N–C) groups is 1. The summed E-state index contributed by atoms with van der Waals surface area (Å²) < 4.78 is 7.60. The van der Waals surface area contributed by atoms with Crippen molar-refractivity contribution in [1.82, 2.24) is 5.32 Å². The monoisotopic (exact) mass is 417 g/mol. The molecule has 0 amide bonds. The van der Waals surface area contributed by atoms with Crippen LogP contribution in [0.3, 0.4) is 0 Å². The Morgan fingerprint density at radius 1 is 1.31 bits per heavy atom. The van der Waals surface area contributed by atoms with Gasteiger partial charge in [-0.2, -0.15) is 0 Å². The molecule has 1 fully saturated rings. The third-order valence-electron chi connectivity index (χ3n) is 6.00. The fraction of sp³-hybridized carbons (Fsp3) is 0.609. The van der Waals surface area contributed by atoms with E-state index in [2.05, 4.69) is 69.4 Å². The van der Waals surface area contributed by atoms with Crippen molar-refractivity contribution in [1.29, 1.82) is 0 Å². The van der Waals surface area contributed by atoms with E-state index in [1.165, 1.54) is 36.4 Å². The molecular weight excluding hydrogens is 380 g/mol. The number of hydrogen-bond donors (Lipinski definition) is 1. The zero-order valence-electron chi connectivity index (χ0n) is 18.9. The second kappa shape index (κ2) is 9.11. The van der Waals surface area contributed by atoms with Crippen LogP contribution in [0.25, 0.3) is 0 Å². The maximum absolute atomic E-state index is 6.65. The van der Waals surface area contributed by atoms with Gasteiger partial charge in [-0.05, 0) is 49.8 Å². The SMILES string of the molecule is CCN(c1ccc(C(C)C)cc1SC)C1(OC[N+]2(C)CCCC2)N=CC=C(C)N1. The largest absolute Gasteiger partial charge is 0.329 e. The van der Waals surface area contributed by atoms with Gasteiger partial charge in [0.05, 0.1) is 25.8 Å². The number of likely N-dealkylation sites (tertiary alicyclic amines) is 1. The second-order valence-corrected chi connectivity index (χ2v) is 9.59. The van der Waals surface area contributed by atoms with Crippen LogP contribution in [0.4, 0.5) is 5.69 Å². The summed E-state index contributed by atoms with van der Waals surface area (Å²) in [6, 6.07) is 6.77. The van der Waals surface area contributed by atoms with Crippen LogP contribution in [0.5, 0.6) is 0 Å². The maximum atomic E-state index is 6.65. The normalized spacial score (nSPS) is 23.2. The summed E-state index contributed by atoms with van der Waals surface area (Å²) in [5, 5.41) is 3.56. The standard InChI is InChI=1S/C23H37N4OS/c1-7-26(21-11-10-20(18(2)3)16-22(21)29-6)23(24-13-12-19(4)25-23)28-17-27(5)14-8-9-15-27/h10-13,16,18,25H,7-9,14-15,17H2,1-6H3/q+1. The van der Waals surface area contributed by atoms with Crippen LogP contribution in [-0.2, 0) is 4.74 Å². The Hall–Kier alpha value is -1.50. The first kappa shape index (κ1) is 22.2. The van der Waals surface area contributed by atoms with Gasteiger partial charge < -0.3 is 14.7 Å². The fourth-order valence-corrected chi connectivity index (χ4v) is 4.81. The van der Waals surface area contributed by atoms with E-state index in [9.17, 15) is 0 Å². The number of thioether (sulfide) groups is 1. The first-order valence-corrected chi connectivity index (χ1v) is 12.0. The predicted octanol–water partition coefficient (Wildman–Crippen LogP) is 4.76. The molecule has 1 aromatic rings. The molecule has 0 radical (unpaired) electrons. The Morgan fingerprint density at radius 3 is 2.62 bits per heavy atom. The number of anilines is 1. The minimum Gasteiger partial charge on any atom is -0.324 e. The molecule has 3 rings (SSSR count). The van der Waals surface area contributed by atoms with E-state index in [-0.39, 0.29) is 0 Å². The van der Waals surface area contributed by atoms with Crippen molar-refractivity contribution < 1.29 is 9.22 Å². The lowest BCUT2D eigenvalue weighted by Gasteiger charge is -2.45. The summed E-state index contributed by atoms with van der Waals surface area (Å²) in [4.78, 5) is 8.37. The molecule has 29 heavy (non-hydrogen) atoms.